The van der Waals surface area contributed by atoms with E-state index in [1.165, 1.54) is 77.1 Å². The van der Waals surface area contributed by atoms with E-state index in [2.05, 4.69) is 228 Å². The summed E-state index contributed by atoms with van der Waals surface area (Å²) >= 11 is 0. The molecule has 0 fully saturated rings. The van der Waals surface area contributed by atoms with Gasteiger partial charge in [0, 0.05) is 38.9 Å². The molecule has 11 aromatic rings. The van der Waals surface area contributed by atoms with Gasteiger partial charge in [-0.1, -0.05) is 183 Å². The van der Waals surface area contributed by atoms with Gasteiger partial charge in [-0.2, -0.15) is 0 Å². The van der Waals surface area contributed by atoms with Gasteiger partial charge in [0.1, 0.15) is 0 Å². The van der Waals surface area contributed by atoms with Crippen molar-refractivity contribution in [3.8, 4) is 62.0 Å². The third-order valence-corrected chi connectivity index (χ3v) is 13.4. The number of benzene rings is 9. The van der Waals surface area contributed by atoms with Crippen LogP contribution in [0.25, 0.3) is 94.6 Å². The summed E-state index contributed by atoms with van der Waals surface area (Å²) in [5, 5.41) is 13.7. The highest BCUT2D eigenvalue weighted by atomic mass is 16.4. The quantitative estimate of drug-likeness (QED) is 0.153. The summed E-state index contributed by atoms with van der Waals surface area (Å²) in [7, 11) is 0. The molecular formula is C61H43N3O. The van der Waals surface area contributed by atoms with Crippen LogP contribution in [0.3, 0.4) is 0 Å². The minimum absolute atomic E-state index is 0.0866. The lowest BCUT2D eigenvalue weighted by molar-refractivity contribution is 0.526. The van der Waals surface area contributed by atoms with Gasteiger partial charge in [0.25, 0.3) is 0 Å². The number of allylic oxidation sites excluding steroid dienone is 4. The van der Waals surface area contributed by atoms with Gasteiger partial charge >= 0.3 is 0 Å². The third kappa shape index (κ3) is 6.70. The zero-order valence-electron chi connectivity index (χ0n) is 35.8. The van der Waals surface area contributed by atoms with Gasteiger partial charge < -0.3 is 8.98 Å². The molecule has 2 aromatic heterocycles. The van der Waals surface area contributed by atoms with Crippen LogP contribution in [-0.2, 0) is 5.41 Å². The highest BCUT2D eigenvalue weighted by Crippen LogP contribution is 2.48. The SMILES string of the molecule is CC1(c2ccccc2-c2ccc3c(c2)c2cc(-c4ccc(-c5cccc6ccccc56)cc4)ccc2n3-c2ccccc2)C=CC=CC1c1ccc(-c2nnc(-c3ccccc3)o2)cc1. The minimum atomic E-state index is -0.337. The number of hydrogen-bond donors (Lipinski definition) is 0. The normalized spacial score (nSPS) is 15.9. The van der Waals surface area contributed by atoms with Crippen molar-refractivity contribution < 1.29 is 4.42 Å². The van der Waals surface area contributed by atoms with Gasteiger partial charge in [0.2, 0.25) is 11.8 Å². The van der Waals surface area contributed by atoms with Crippen molar-refractivity contribution in [2.75, 3.05) is 0 Å². The highest BCUT2D eigenvalue weighted by Gasteiger charge is 2.36. The maximum atomic E-state index is 6.11. The topological polar surface area (TPSA) is 43.9 Å². The lowest BCUT2D eigenvalue weighted by Gasteiger charge is -2.38. The number of fused-ring (bicyclic) bond motifs is 4. The first-order valence-electron chi connectivity index (χ1n) is 22.3. The van der Waals surface area contributed by atoms with Gasteiger partial charge in [-0.05, 0) is 116 Å². The maximum absolute atomic E-state index is 6.11. The van der Waals surface area contributed by atoms with Crippen molar-refractivity contribution in [3.63, 3.8) is 0 Å². The molecule has 4 nitrogen and oxygen atoms in total. The summed E-state index contributed by atoms with van der Waals surface area (Å²) in [5.41, 5.74) is 14.7. The Hall–Kier alpha value is -8.34. The Balaban J connectivity index is 0.928. The van der Waals surface area contributed by atoms with Gasteiger partial charge in [-0.25, -0.2) is 0 Å². The van der Waals surface area contributed by atoms with E-state index in [4.69, 9.17) is 4.42 Å². The average Bonchev–Trinajstić information content (AvgIpc) is 4.00. The lowest BCUT2D eigenvalue weighted by atomic mass is 9.65. The van der Waals surface area contributed by atoms with E-state index in [0.29, 0.717) is 11.8 Å². The first-order chi connectivity index (χ1) is 32.1. The number of hydrogen-bond acceptors (Lipinski definition) is 3. The molecule has 0 spiro atoms. The first kappa shape index (κ1) is 38.3. The number of nitrogens with zero attached hydrogens (tertiary/aromatic N) is 3. The van der Waals surface area contributed by atoms with Crippen LogP contribution in [0.4, 0.5) is 0 Å². The van der Waals surface area contributed by atoms with E-state index >= 15 is 0 Å². The second-order valence-electron chi connectivity index (χ2n) is 17.2. The lowest BCUT2D eigenvalue weighted by Crippen LogP contribution is -2.29. The summed E-state index contributed by atoms with van der Waals surface area (Å²) in [5.74, 6) is 1.11. The second-order valence-corrected chi connectivity index (χ2v) is 17.2. The van der Waals surface area contributed by atoms with Gasteiger partial charge in [0.15, 0.2) is 0 Å². The Labute approximate surface area is 378 Å². The molecule has 0 aliphatic heterocycles. The predicted octanol–water partition coefficient (Wildman–Crippen LogP) is 15.8. The number of aromatic nitrogens is 3. The zero-order valence-corrected chi connectivity index (χ0v) is 35.8. The first-order valence-corrected chi connectivity index (χ1v) is 22.3. The number of para-hydroxylation sites is 1. The molecule has 1 aliphatic rings. The monoisotopic (exact) mass is 833 g/mol. The van der Waals surface area contributed by atoms with Crippen molar-refractivity contribution >= 4 is 32.6 Å². The van der Waals surface area contributed by atoms with Gasteiger partial charge in [0.05, 0.1) is 11.0 Å². The van der Waals surface area contributed by atoms with E-state index in [1.807, 2.05) is 30.3 Å². The molecule has 2 heterocycles. The standard InChI is InChI=1S/C61H43N3O/c1-61(38-13-12-24-55(61)44-30-32-46(33-31-44)60-63-62-59(65-60)45-16-4-2-5-17-45)56-25-11-10-22-52(56)48-35-37-58-54(40-48)53-39-47(34-36-57(53)64(58)49-19-6-3-7-20-49)41-26-28-43(29-27-41)51-23-14-18-42-15-8-9-21-50(42)51/h2-40,55H,1H3. The molecule has 9 aromatic carbocycles. The van der Waals surface area contributed by atoms with Crippen LogP contribution >= 0.6 is 0 Å². The average molecular weight is 834 g/mol. The second kappa shape index (κ2) is 15.8. The largest absolute Gasteiger partial charge is 0.416 e. The molecule has 4 heteroatoms. The zero-order chi connectivity index (χ0) is 43.3. The van der Waals surface area contributed by atoms with Crippen LogP contribution in [0, 0.1) is 0 Å². The molecule has 65 heavy (non-hydrogen) atoms. The molecule has 0 amide bonds. The fourth-order valence-electron chi connectivity index (χ4n) is 10.1. The van der Waals surface area contributed by atoms with Gasteiger partial charge in [-0.15, -0.1) is 10.2 Å². The molecule has 2 atom stereocenters. The summed E-state index contributed by atoms with van der Waals surface area (Å²) in [4.78, 5) is 0. The van der Waals surface area contributed by atoms with Crippen LogP contribution in [0.1, 0.15) is 24.0 Å². The Morgan fingerprint density at radius 3 is 1.78 bits per heavy atom. The Morgan fingerprint density at radius 2 is 1.02 bits per heavy atom. The summed E-state index contributed by atoms with van der Waals surface area (Å²) in [6.45, 7) is 2.37. The third-order valence-electron chi connectivity index (χ3n) is 13.4. The van der Waals surface area contributed by atoms with E-state index in [9.17, 15) is 0 Å². The number of rotatable bonds is 8. The van der Waals surface area contributed by atoms with Crippen molar-refractivity contribution in [1.29, 1.82) is 0 Å². The molecule has 12 rings (SSSR count). The molecule has 0 saturated carbocycles. The van der Waals surface area contributed by atoms with Crippen molar-refractivity contribution in [2.24, 2.45) is 0 Å². The molecule has 2 unspecified atom stereocenters. The van der Waals surface area contributed by atoms with Crippen LogP contribution in [0.5, 0.6) is 0 Å². The molecular weight excluding hydrogens is 791 g/mol. The highest BCUT2D eigenvalue weighted by molar-refractivity contribution is 6.12. The van der Waals surface area contributed by atoms with Gasteiger partial charge in [-0.3, -0.25) is 0 Å². The fraction of sp³-hybridized carbons (Fsp3) is 0.0492. The molecule has 0 saturated heterocycles. The van der Waals surface area contributed by atoms with E-state index in [-0.39, 0.29) is 11.3 Å². The molecule has 0 bridgehead atoms. The fourth-order valence-corrected chi connectivity index (χ4v) is 10.1. The Bertz CT molecular complexity index is 3590. The predicted molar refractivity (Wildman–Crippen MR) is 268 cm³/mol. The maximum Gasteiger partial charge on any atom is 0.248 e. The van der Waals surface area contributed by atoms with Crippen molar-refractivity contribution in [3.05, 3.63) is 248 Å². The van der Waals surface area contributed by atoms with Crippen LogP contribution in [0.15, 0.2) is 241 Å². The van der Waals surface area contributed by atoms with Crippen molar-refractivity contribution in [2.45, 2.75) is 18.3 Å². The molecule has 1 aliphatic carbocycles. The van der Waals surface area contributed by atoms with Crippen LogP contribution in [0.2, 0.25) is 0 Å². The summed E-state index contributed by atoms with van der Waals surface area (Å²) < 4.78 is 8.51. The van der Waals surface area contributed by atoms with Crippen LogP contribution < -0.4 is 0 Å². The molecule has 0 N–H and O–H groups in total. The van der Waals surface area contributed by atoms with Crippen molar-refractivity contribution in [1.82, 2.24) is 14.8 Å². The summed E-state index contributed by atoms with van der Waals surface area (Å²) in [6.07, 6.45) is 9.06. The smallest absolute Gasteiger partial charge is 0.248 e. The Morgan fingerprint density at radius 1 is 0.446 bits per heavy atom. The van der Waals surface area contributed by atoms with E-state index in [1.54, 1.807) is 0 Å². The Kier molecular flexibility index (Phi) is 9.31. The molecule has 308 valence electrons. The molecule has 0 radical (unpaired) electrons. The van der Waals surface area contributed by atoms with Crippen LogP contribution in [-0.4, -0.2) is 14.8 Å². The minimum Gasteiger partial charge on any atom is -0.416 e. The van der Waals surface area contributed by atoms with E-state index in [0.717, 1.165) is 16.8 Å². The van der Waals surface area contributed by atoms with E-state index < -0.39 is 0 Å². The summed E-state index contributed by atoms with van der Waals surface area (Å²) in [6, 6.07) is 76.3.